The minimum atomic E-state index is -4.97. The summed E-state index contributed by atoms with van der Waals surface area (Å²) in [5, 5.41) is 10.7. The Balaban J connectivity index is 5.25. The number of ether oxygens (including phenoxy) is 4. The second kappa shape index (κ2) is 76.1. The standard InChI is InChI=1S/C86H168O17P2/c1-8-9-10-11-12-13-14-15-16-17-23-29-34-39-48-55-62-70-86(91)103-82(74-97-84(89)68-61-54-47-42-41-45-52-59-66-79(6)7)76-101-105(94,95)99-72-80(87)71-98-104(92,93)100-75-81(73-96-83(88)67-60-53-46-38-33-28-25-20-22-27-32-37-44-51-58-65-78(4)5)102-85(90)69-63-56-49-40-35-30-24-19-18-21-26-31-36-43-50-57-64-77(2)3/h77-82,87H,8-76H2,1-7H3,(H,92,93)(H,94,95)/t80-,81-,82-/m1/s1. The Kier molecular flexibility index (Phi) is 74.7. The van der Waals surface area contributed by atoms with Crippen LogP contribution in [0.4, 0.5) is 0 Å². The molecule has 0 aliphatic rings. The first kappa shape index (κ1) is 103. The van der Waals surface area contributed by atoms with Crippen molar-refractivity contribution >= 4 is 39.5 Å². The van der Waals surface area contributed by atoms with Crippen molar-refractivity contribution in [3.63, 3.8) is 0 Å². The van der Waals surface area contributed by atoms with Crippen molar-refractivity contribution in [1.82, 2.24) is 0 Å². The second-order valence-corrected chi connectivity index (χ2v) is 35.3. The van der Waals surface area contributed by atoms with E-state index >= 15 is 0 Å². The number of unbranched alkanes of at least 4 members (excludes halogenated alkanes) is 52. The predicted octanol–water partition coefficient (Wildman–Crippen LogP) is 26.1. The van der Waals surface area contributed by atoms with Gasteiger partial charge in [-0.3, -0.25) is 37.3 Å². The highest BCUT2D eigenvalue weighted by Crippen LogP contribution is 2.45. The van der Waals surface area contributed by atoms with Crippen molar-refractivity contribution in [2.45, 2.75) is 471 Å². The zero-order chi connectivity index (χ0) is 77.2. The zero-order valence-corrected chi connectivity index (χ0v) is 71.0. The third-order valence-electron chi connectivity index (χ3n) is 20.1. The van der Waals surface area contributed by atoms with Gasteiger partial charge < -0.3 is 33.8 Å². The molecule has 0 amide bonds. The summed E-state index contributed by atoms with van der Waals surface area (Å²) in [4.78, 5) is 73.2. The molecule has 0 aliphatic heterocycles. The predicted molar refractivity (Wildman–Crippen MR) is 432 cm³/mol. The van der Waals surface area contributed by atoms with Gasteiger partial charge in [0.25, 0.3) is 0 Å². The average molecular weight is 1540 g/mol. The highest BCUT2D eigenvalue weighted by atomic mass is 31.2. The topological polar surface area (TPSA) is 237 Å². The Morgan fingerprint density at radius 3 is 0.648 bits per heavy atom. The first-order valence-electron chi connectivity index (χ1n) is 44.3. The van der Waals surface area contributed by atoms with Crippen LogP contribution in [0.15, 0.2) is 0 Å². The smallest absolute Gasteiger partial charge is 0.462 e. The zero-order valence-electron chi connectivity index (χ0n) is 69.2. The number of hydrogen-bond donors (Lipinski definition) is 3. The normalized spacial score (nSPS) is 13.9. The van der Waals surface area contributed by atoms with Gasteiger partial charge in [-0.25, -0.2) is 9.13 Å². The van der Waals surface area contributed by atoms with Gasteiger partial charge in [-0.05, 0) is 43.4 Å². The Labute approximate surface area is 645 Å². The fourth-order valence-corrected chi connectivity index (χ4v) is 14.9. The van der Waals surface area contributed by atoms with Gasteiger partial charge in [-0.1, -0.05) is 402 Å². The molecule has 0 aromatic rings. The maximum absolute atomic E-state index is 13.1. The fraction of sp³-hybridized carbons (Fsp3) is 0.953. The number of esters is 4. The molecule has 0 rings (SSSR count). The van der Waals surface area contributed by atoms with Crippen LogP contribution in [-0.4, -0.2) is 96.7 Å². The van der Waals surface area contributed by atoms with Crippen LogP contribution in [0.1, 0.15) is 453 Å². The number of carbonyl (C=O) groups excluding carboxylic acids is 4. The van der Waals surface area contributed by atoms with Crippen LogP contribution >= 0.6 is 15.6 Å². The average Bonchev–Trinajstić information content (AvgIpc) is 0.907. The van der Waals surface area contributed by atoms with Crippen molar-refractivity contribution < 1.29 is 80.2 Å². The number of phosphoric ester groups is 2. The van der Waals surface area contributed by atoms with Crippen LogP contribution in [0.5, 0.6) is 0 Å². The number of carbonyl (C=O) groups is 4. The van der Waals surface area contributed by atoms with E-state index in [0.29, 0.717) is 25.7 Å². The molecular formula is C86H168O17P2. The Hall–Kier alpha value is -1.94. The quantitative estimate of drug-likeness (QED) is 0.0222. The van der Waals surface area contributed by atoms with E-state index in [1.807, 2.05) is 0 Å². The van der Waals surface area contributed by atoms with Crippen molar-refractivity contribution in [1.29, 1.82) is 0 Å². The molecule has 0 bridgehead atoms. The van der Waals surface area contributed by atoms with Gasteiger partial charge in [-0.15, -0.1) is 0 Å². The SMILES string of the molecule is CCCCCCCCCCCCCCCCCCCC(=O)O[C@H](COC(=O)CCCCCCCCCCC(C)C)COP(=O)(O)OC[C@H](O)COP(=O)(O)OC[C@@H](COC(=O)CCCCCCCCCCCCCCCCCC(C)C)OC(=O)CCCCCCCCCCCCCCCCCCC(C)C. The molecule has 5 atom stereocenters. The maximum Gasteiger partial charge on any atom is 0.472 e. The molecule has 0 saturated carbocycles. The lowest BCUT2D eigenvalue weighted by atomic mass is 10.0. The highest BCUT2D eigenvalue weighted by molar-refractivity contribution is 7.47. The Bertz CT molecular complexity index is 2030. The molecule has 19 heteroatoms. The van der Waals surface area contributed by atoms with Gasteiger partial charge in [0.1, 0.15) is 19.3 Å². The molecule has 105 heavy (non-hydrogen) atoms. The molecule has 624 valence electrons. The molecule has 0 aromatic carbocycles. The molecular weight excluding hydrogens is 1370 g/mol. The van der Waals surface area contributed by atoms with E-state index in [2.05, 4.69) is 48.5 Å². The third-order valence-corrected chi connectivity index (χ3v) is 22.0. The molecule has 0 radical (unpaired) electrons. The first-order chi connectivity index (χ1) is 50.7. The van der Waals surface area contributed by atoms with Crippen molar-refractivity contribution in [3.05, 3.63) is 0 Å². The summed E-state index contributed by atoms with van der Waals surface area (Å²) in [6, 6.07) is 0. The largest absolute Gasteiger partial charge is 0.472 e. The summed E-state index contributed by atoms with van der Waals surface area (Å²) in [7, 11) is -9.93. The van der Waals surface area contributed by atoms with E-state index in [9.17, 15) is 43.2 Å². The molecule has 0 saturated heterocycles. The lowest BCUT2D eigenvalue weighted by molar-refractivity contribution is -0.161. The third kappa shape index (κ3) is 79.9. The van der Waals surface area contributed by atoms with E-state index in [0.717, 1.165) is 108 Å². The number of rotatable bonds is 84. The van der Waals surface area contributed by atoms with E-state index in [4.69, 9.17) is 37.0 Å². The van der Waals surface area contributed by atoms with E-state index < -0.39 is 97.5 Å². The minimum absolute atomic E-state index is 0.108. The molecule has 0 aliphatic carbocycles. The summed E-state index contributed by atoms with van der Waals surface area (Å²) < 4.78 is 68.9. The fourth-order valence-electron chi connectivity index (χ4n) is 13.4. The lowest BCUT2D eigenvalue weighted by Gasteiger charge is -2.21. The summed E-state index contributed by atoms with van der Waals surface area (Å²) in [6.07, 6.45) is 66.6. The summed E-state index contributed by atoms with van der Waals surface area (Å²) in [5.74, 6) is 0.238. The van der Waals surface area contributed by atoms with Gasteiger partial charge in [-0.2, -0.15) is 0 Å². The van der Waals surface area contributed by atoms with E-state index in [-0.39, 0.29) is 25.7 Å². The van der Waals surface area contributed by atoms with E-state index in [1.165, 1.54) is 263 Å². The van der Waals surface area contributed by atoms with Crippen molar-refractivity contribution in [2.75, 3.05) is 39.6 Å². The number of aliphatic hydroxyl groups excluding tert-OH is 1. The molecule has 0 heterocycles. The van der Waals surface area contributed by atoms with Crippen LogP contribution < -0.4 is 0 Å². The van der Waals surface area contributed by atoms with Crippen LogP contribution in [0.2, 0.25) is 0 Å². The highest BCUT2D eigenvalue weighted by Gasteiger charge is 2.30. The van der Waals surface area contributed by atoms with Gasteiger partial charge in [0.05, 0.1) is 26.4 Å². The monoisotopic (exact) mass is 1540 g/mol. The maximum atomic E-state index is 13.1. The van der Waals surface area contributed by atoms with Crippen molar-refractivity contribution in [2.24, 2.45) is 17.8 Å². The van der Waals surface area contributed by atoms with Gasteiger partial charge in [0.2, 0.25) is 0 Å². The molecule has 0 spiro atoms. The minimum Gasteiger partial charge on any atom is -0.462 e. The number of phosphoric acid groups is 2. The Morgan fingerprint density at radius 1 is 0.257 bits per heavy atom. The van der Waals surface area contributed by atoms with Crippen LogP contribution in [0, 0.1) is 17.8 Å². The summed E-state index contributed by atoms with van der Waals surface area (Å²) in [5.41, 5.74) is 0. The molecule has 0 fully saturated rings. The van der Waals surface area contributed by atoms with Crippen LogP contribution in [0.25, 0.3) is 0 Å². The van der Waals surface area contributed by atoms with Gasteiger partial charge in [0, 0.05) is 25.7 Å². The van der Waals surface area contributed by atoms with Crippen LogP contribution in [0.3, 0.4) is 0 Å². The number of aliphatic hydroxyl groups is 1. The molecule has 17 nitrogen and oxygen atoms in total. The second-order valence-electron chi connectivity index (χ2n) is 32.4. The van der Waals surface area contributed by atoms with Gasteiger partial charge in [0.15, 0.2) is 12.2 Å². The molecule has 0 aromatic heterocycles. The Morgan fingerprint density at radius 2 is 0.438 bits per heavy atom. The van der Waals surface area contributed by atoms with Crippen LogP contribution in [-0.2, 0) is 65.4 Å². The lowest BCUT2D eigenvalue weighted by Crippen LogP contribution is -2.30. The van der Waals surface area contributed by atoms with E-state index in [1.54, 1.807) is 0 Å². The summed E-state index contributed by atoms with van der Waals surface area (Å²) in [6.45, 7) is 12.0. The molecule has 3 N–H and O–H groups in total. The first-order valence-corrected chi connectivity index (χ1v) is 47.3. The number of hydrogen-bond acceptors (Lipinski definition) is 15. The summed E-state index contributed by atoms with van der Waals surface area (Å²) >= 11 is 0. The van der Waals surface area contributed by atoms with Gasteiger partial charge >= 0.3 is 39.5 Å². The van der Waals surface area contributed by atoms with Crippen molar-refractivity contribution in [3.8, 4) is 0 Å². The molecule has 2 unspecified atom stereocenters.